The highest BCUT2D eigenvalue weighted by Gasteiger charge is 2.24. The van der Waals surface area contributed by atoms with Gasteiger partial charge in [0.05, 0.1) is 5.52 Å². The fourth-order valence-corrected chi connectivity index (χ4v) is 3.69. The second kappa shape index (κ2) is 8.91. The minimum absolute atomic E-state index is 0. The summed E-state index contributed by atoms with van der Waals surface area (Å²) in [6, 6.07) is 14.2. The van der Waals surface area contributed by atoms with Crippen molar-refractivity contribution in [2.75, 3.05) is 13.1 Å². The summed E-state index contributed by atoms with van der Waals surface area (Å²) < 4.78 is 0. The van der Waals surface area contributed by atoms with Gasteiger partial charge in [-0.25, -0.2) is 0 Å². The molecule has 1 unspecified atom stereocenters. The van der Waals surface area contributed by atoms with E-state index in [1.165, 1.54) is 11.1 Å². The van der Waals surface area contributed by atoms with Crippen molar-refractivity contribution in [3.63, 3.8) is 0 Å². The average Bonchev–Trinajstić information content (AvgIpc) is 3.10. The van der Waals surface area contributed by atoms with E-state index in [0.29, 0.717) is 12.1 Å². The van der Waals surface area contributed by atoms with E-state index in [-0.39, 0.29) is 36.8 Å². The van der Waals surface area contributed by atoms with Crippen LogP contribution in [-0.4, -0.2) is 34.9 Å². The van der Waals surface area contributed by atoms with Gasteiger partial charge in [-0.3, -0.25) is 9.78 Å². The summed E-state index contributed by atoms with van der Waals surface area (Å²) in [5, 5.41) is 1.11. The number of fused-ring (bicyclic) bond motifs is 1. The third kappa shape index (κ3) is 4.00. The molecule has 0 radical (unpaired) electrons. The van der Waals surface area contributed by atoms with Crippen molar-refractivity contribution >= 4 is 41.6 Å². The van der Waals surface area contributed by atoms with Gasteiger partial charge >= 0.3 is 0 Å². The maximum Gasteiger partial charge on any atom is 0.253 e. The predicted octanol–water partition coefficient (Wildman–Crippen LogP) is 4.54. The predicted molar refractivity (Wildman–Crippen MR) is 120 cm³/mol. The quantitative estimate of drug-likeness (QED) is 0.665. The molecule has 28 heavy (non-hydrogen) atoms. The number of nitrogens with zero attached hydrogens (tertiary/aromatic N) is 2. The first-order valence-corrected chi connectivity index (χ1v) is 9.05. The molecule has 0 spiro atoms. The number of benzene rings is 2. The lowest BCUT2D eigenvalue weighted by atomic mass is 9.96. The van der Waals surface area contributed by atoms with E-state index in [4.69, 9.17) is 5.73 Å². The van der Waals surface area contributed by atoms with Gasteiger partial charge in [0, 0.05) is 36.3 Å². The molecule has 3 aromatic rings. The number of amides is 1. The number of hydrogen-bond donors (Lipinski definition) is 1. The molecule has 4 nitrogen and oxygen atoms in total. The Bertz CT molecular complexity index is 1010. The van der Waals surface area contributed by atoms with E-state index >= 15 is 0 Å². The number of carbonyl (C=O) groups excluding carboxylic acids is 1. The number of aromatic nitrogens is 1. The Kier molecular flexibility index (Phi) is 7.05. The van der Waals surface area contributed by atoms with Crippen LogP contribution in [0.25, 0.3) is 22.0 Å². The third-order valence-electron chi connectivity index (χ3n) is 5.37. The minimum atomic E-state index is 0. The van der Waals surface area contributed by atoms with Crippen LogP contribution in [0.15, 0.2) is 48.7 Å². The van der Waals surface area contributed by atoms with Crippen LogP contribution in [0.3, 0.4) is 0 Å². The van der Waals surface area contributed by atoms with Gasteiger partial charge in [0.15, 0.2) is 0 Å². The molecule has 6 heteroatoms. The molecule has 1 saturated heterocycles. The smallest absolute Gasteiger partial charge is 0.253 e. The Morgan fingerprint density at radius 3 is 2.64 bits per heavy atom. The highest BCUT2D eigenvalue weighted by molar-refractivity contribution is 5.99. The van der Waals surface area contributed by atoms with Gasteiger partial charge in [-0.15, -0.1) is 24.8 Å². The molecule has 2 aromatic carbocycles. The maximum atomic E-state index is 12.8. The standard InChI is InChI=1S/C22H23N3O.2ClH/c1-14-6-7-20-19(8-10-24-21(20)15(14)2)16-4-3-5-17(12-16)22(26)25-11-9-18(23)13-25;;/h3-8,10,12,18H,9,11,13,23H2,1-2H3;2*1H. The van der Waals surface area contributed by atoms with Crippen molar-refractivity contribution < 1.29 is 4.79 Å². The van der Waals surface area contributed by atoms with Crippen LogP contribution in [0, 0.1) is 13.8 Å². The summed E-state index contributed by atoms with van der Waals surface area (Å²) in [5.41, 5.74) is 12.3. The summed E-state index contributed by atoms with van der Waals surface area (Å²) in [6.45, 7) is 5.58. The lowest BCUT2D eigenvalue weighted by Gasteiger charge is -2.16. The van der Waals surface area contributed by atoms with Crippen molar-refractivity contribution in [2.45, 2.75) is 26.3 Å². The number of rotatable bonds is 2. The highest BCUT2D eigenvalue weighted by atomic mass is 35.5. The molecule has 0 saturated carbocycles. The fourth-order valence-electron chi connectivity index (χ4n) is 3.69. The van der Waals surface area contributed by atoms with Crippen LogP contribution in [0.2, 0.25) is 0 Å². The molecular weight excluding hydrogens is 393 g/mol. The summed E-state index contributed by atoms with van der Waals surface area (Å²) in [5.74, 6) is 0.0604. The van der Waals surface area contributed by atoms with Gasteiger partial charge in [-0.2, -0.15) is 0 Å². The lowest BCUT2D eigenvalue weighted by molar-refractivity contribution is 0.0791. The van der Waals surface area contributed by atoms with E-state index in [9.17, 15) is 4.79 Å². The highest BCUT2D eigenvalue weighted by Crippen LogP contribution is 2.30. The van der Waals surface area contributed by atoms with Crippen molar-refractivity contribution in [3.8, 4) is 11.1 Å². The van der Waals surface area contributed by atoms with E-state index < -0.39 is 0 Å². The Balaban J connectivity index is 0.00000140. The van der Waals surface area contributed by atoms with Gasteiger partial charge in [-0.05, 0) is 60.7 Å². The average molecular weight is 418 g/mol. The molecule has 1 amide bonds. The van der Waals surface area contributed by atoms with Crippen LogP contribution in [0.5, 0.6) is 0 Å². The van der Waals surface area contributed by atoms with Crippen LogP contribution < -0.4 is 5.73 Å². The van der Waals surface area contributed by atoms with E-state index in [1.807, 2.05) is 35.4 Å². The Hall–Kier alpha value is -2.14. The van der Waals surface area contributed by atoms with Crippen LogP contribution >= 0.6 is 24.8 Å². The third-order valence-corrected chi connectivity index (χ3v) is 5.37. The summed E-state index contributed by atoms with van der Waals surface area (Å²) in [4.78, 5) is 19.2. The molecule has 2 N–H and O–H groups in total. The van der Waals surface area contributed by atoms with Gasteiger partial charge < -0.3 is 10.6 Å². The molecule has 1 aromatic heterocycles. The summed E-state index contributed by atoms with van der Waals surface area (Å²) in [7, 11) is 0. The molecule has 1 fully saturated rings. The number of carbonyl (C=O) groups is 1. The van der Waals surface area contributed by atoms with Gasteiger partial charge in [0.25, 0.3) is 5.91 Å². The maximum absolute atomic E-state index is 12.8. The number of aryl methyl sites for hydroxylation is 2. The molecule has 1 atom stereocenters. The first-order chi connectivity index (χ1) is 12.5. The topological polar surface area (TPSA) is 59.2 Å². The molecule has 0 aliphatic carbocycles. The summed E-state index contributed by atoms with van der Waals surface area (Å²) >= 11 is 0. The van der Waals surface area contributed by atoms with Gasteiger partial charge in [-0.1, -0.05) is 24.3 Å². The first kappa shape index (κ1) is 22.2. The normalized spacial score (nSPS) is 15.8. The zero-order valence-electron chi connectivity index (χ0n) is 16.0. The number of pyridine rings is 1. The second-order valence-corrected chi connectivity index (χ2v) is 7.14. The van der Waals surface area contributed by atoms with Crippen LogP contribution in [0.4, 0.5) is 0 Å². The summed E-state index contributed by atoms with van der Waals surface area (Å²) in [6.07, 6.45) is 2.72. The molecule has 2 heterocycles. The van der Waals surface area contributed by atoms with Crippen LogP contribution in [-0.2, 0) is 0 Å². The molecular formula is C22H25Cl2N3O. The molecule has 1 aliphatic rings. The lowest BCUT2D eigenvalue weighted by Crippen LogP contribution is -2.31. The molecule has 1 aliphatic heterocycles. The van der Waals surface area contributed by atoms with Crippen molar-refractivity contribution in [2.24, 2.45) is 5.73 Å². The zero-order chi connectivity index (χ0) is 18.3. The van der Waals surface area contributed by atoms with Crippen molar-refractivity contribution in [1.29, 1.82) is 0 Å². The fraction of sp³-hybridized carbons (Fsp3) is 0.273. The Labute approximate surface area is 178 Å². The zero-order valence-corrected chi connectivity index (χ0v) is 17.6. The number of likely N-dealkylation sites (tertiary alicyclic amines) is 1. The largest absolute Gasteiger partial charge is 0.337 e. The van der Waals surface area contributed by atoms with Gasteiger partial charge in [0.1, 0.15) is 0 Å². The van der Waals surface area contributed by atoms with Crippen LogP contribution in [0.1, 0.15) is 27.9 Å². The Morgan fingerprint density at radius 2 is 1.93 bits per heavy atom. The van der Waals surface area contributed by atoms with E-state index in [1.54, 1.807) is 0 Å². The Morgan fingerprint density at radius 1 is 1.14 bits per heavy atom. The number of hydrogen-bond acceptors (Lipinski definition) is 3. The second-order valence-electron chi connectivity index (χ2n) is 7.14. The van der Waals surface area contributed by atoms with E-state index in [2.05, 4.69) is 37.0 Å². The van der Waals surface area contributed by atoms with Gasteiger partial charge in [0.2, 0.25) is 0 Å². The first-order valence-electron chi connectivity index (χ1n) is 9.05. The SMILES string of the molecule is Cc1ccc2c(-c3cccc(C(=O)N4CCC(N)C4)c3)ccnc2c1C.Cl.Cl. The molecule has 148 valence electrons. The molecule has 0 bridgehead atoms. The monoisotopic (exact) mass is 417 g/mol. The molecule has 4 rings (SSSR count). The van der Waals surface area contributed by atoms with Crippen molar-refractivity contribution in [1.82, 2.24) is 9.88 Å². The number of nitrogens with two attached hydrogens (primary N) is 1. The minimum Gasteiger partial charge on any atom is -0.337 e. The van der Waals surface area contributed by atoms with Crippen molar-refractivity contribution in [3.05, 3.63) is 65.4 Å². The number of halogens is 2. The van der Waals surface area contributed by atoms with E-state index in [0.717, 1.165) is 35.0 Å².